The number of sulfone groups is 1. The van der Waals surface area contributed by atoms with E-state index < -0.39 is 9.84 Å². The van der Waals surface area contributed by atoms with Crippen molar-refractivity contribution in [3.63, 3.8) is 0 Å². The van der Waals surface area contributed by atoms with Crippen LogP contribution in [0.3, 0.4) is 0 Å². The zero-order chi connectivity index (χ0) is 15.3. The average molecular weight is 329 g/mol. The molecule has 1 aromatic rings. The number of nitrogens with one attached hydrogen (secondary N) is 1. The molecule has 1 heterocycles. The first-order valence-electron chi connectivity index (χ1n) is 7.30. The third kappa shape index (κ3) is 4.71. The van der Waals surface area contributed by atoms with Crippen molar-refractivity contribution in [3.8, 4) is 0 Å². The van der Waals surface area contributed by atoms with Gasteiger partial charge in [0.25, 0.3) is 0 Å². The molecular formula is C15H24N2O2S2. The van der Waals surface area contributed by atoms with E-state index in [1.165, 1.54) is 17.4 Å². The van der Waals surface area contributed by atoms with Crippen LogP contribution < -0.4 is 5.32 Å². The molecule has 1 unspecified atom stereocenters. The van der Waals surface area contributed by atoms with Gasteiger partial charge in [-0.1, -0.05) is 31.2 Å². The van der Waals surface area contributed by atoms with Crippen LogP contribution in [0, 0.1) is 0 Å². The highest BCUT2D eigenvalue weighted by Gasteiger charge is 2.31. The lowest BCUT2D eigenvalue weighted by Crippen LogP contribution is -2.46. The molecule has 1 aliphatic heterocycles. The van der Waals surface area contributed by atoms with Crippen molar-refractivity contribution in [2.75, 3.05) is 30.9 Å². The summed E-state index contributed by atoms with van der Waals surface area (Å²) in [5.74, 6) is 1.68. The van der Waals surface area contributed by atoms with E-state index in [0.29, 0.717) is 12.3 Å². The van der Waals surface area contributed by atoms with Gasteiger partial charge in [-0.25, -0.2) is 8.42 Å². The molecule has 6 heteroatoms. The van der Waals surface area contributed by atoms with Crippen LogP contribution in [0.4, 0.5) is 0 Å². The Morgan fingerprint density at radius 2 is 2.05 bits per heavy atom. The molecule has 1 aliphatic rings. The molecule has 1 N–H and O–H groups in total. The molecule has 0 bridgehead atoms. The molecule has 0 amide bonds. The number of hydrogen-bond acceptors (Lipinski definition) is 5. The van der Waals surface area contributed by atoms with E-state index in [4.69, 9.17) is 0 Å². The molecule has 21 heavy (non-hydrogen) atoms. The molecule has 0 spiro atoms. The van der Waals surface area contributed by atoms with Crippen LogP contribution in [-0.2, 0) is 22.9 Å². The van der Waals surface area contributed by atoms with Gasteiger partial charge in [0.15, 0.2) is 9.84 Å². The van der Waals surface area contributed by atoms with Crippen LogP contribution in [0.1, 0.15) is 18.1 Å². The Morgan fingerprint density at radius 3 is 2.71 bits per heavy atom. The fourth-order valence-electron chi connectivity index (χ4n) is 2.55. The molecule has 2 rings (SSSR count). The fraction of sp³-hybridized carbons (Fsp3) is 0.600. The van der Waals surface area contributed by atoms with Crippen molar-refractivity contribution in [2.45, 2.75) is 25.4 Å². The van der Waals surface area contributed by atoms with Gasteiger partial charge in [0.05, 0.1) is 0 Å². The average Bonchev–Trinajstić information content (AvgIpc) is 2.46. The van der Waals surface area contributed by atoms with Crippen LogP contribution in [0.2, 0.25) is 0 Å². The standard InChI is InChI=1S/C15H24N2O2S2/c1-3-16-10-13-6-4-5-7-14(13)11-17-8-9-20-12-15(17)21(2,18)19/h4-7,15-16H,3,8-12H2,1-2H3. The highest BCUT2D eigenvalue weighted by molar-refractivity contribution is 8.00. The summed E-state index contributed by atoms with van der Waals surface area (Å²) < 4.78 is 24.0. The minimum Gasteiger partial charge on any atom is -0.313 e. The first-order chi connectivity index (χ1) is 10.0. The summed E-state index contributed by atoms with van der Waals surface area (Å²) in [5.41, 5.74) is 2.48. The van der Waals surface area contributed by atoms with Crippen molar-refractivity contribution >= 4 is 21.6 Å². The summed E-state index contributed by atoms with van der Waals surface area (Å²) in [7, 11) is -3.04. The number of hydrogen-bond donors (Lipinski definition) is 1. The zero-order valence-corrected chi connectivity index (χ0v) is 14.3. The SMILES string of the molecule is CCNCc1ccccc1CN1CCSCC1S(C)(=O)=O. The Labute approximate surface area is 132 Å². The Balaban J connectivity index is 2.16. The van der Waals surface area contributed by atoms with Gasteiger partial charge in [0.2, 0.25) is 0 Å². The smallest absolute Gasteiger partial charge is 0.164 e. The van der Waals surface area contributed by atoms with E-state index in [9.17, 15) is 8.42 Å². The highest BCUT2D eigenvalue weighted by atomic mass is 32.2. The quantitative estimate of drug-likeness (QED) is 0.862. The second-order valence-electron chi connectivity index (χ2n) is 5.38. The lowest BCUT2D eigenvalue weighted by molar-refractivity contribution is 0.261. The van der Waals surface area contributed by atoms with Gasteiger partial charge < -0.3 is 5.32 Å². The molecule has 1 saturated heterocycles. The summed E-state index contributed by atoms with van der Waals surface area (Å²) in [6.45, 7) is 5.39. The van der Waals surface area contributed by atoms with Crippen LogP contribution >= 0.6 is 11.8 Å². The molecule has 0 aromatic heterocycles. The lowest BCUT2D eigenvalue weighted by Gasteiger charge is -2.34. The molecule has 0 saturated carbocycles. The molecule has 1 fully saturated rings. The van der Waals surface area contributed by atoms with Crippen molar-refractivity contribution in [1.29, 1.82) is 0 Å². The summed E-state index contributed by atoms with van der Waals surface area (Å²) in [6, 6.07) is 8.29. The minimum atomic E-state index is -3.04. The van der Waals surface area contributed by atoms with Gasteiger partial charge in [-0.2, -0.15) is 11.8 Å². The monoisotopic (exact) mass is 328 g/mol. The topological polar surface area (TPSA) is 49.4 Å². The van der Waals surface area contributed by atoms with Gasteiger partial charge in [-0.05, 0) is 17.7 Å². The molecule has 4 nitrogen and oxygen atoms in total. The summed E-state index contributed by atoms with van der Waals surface area (Å²) in [5, 5.41) is 2.98. The lowest BCUT2D eigenvalue weighted by atomic mass is 10.1. The van der Waals surface area contributed by atoms with Gasteiger partial charge >= 0.3 is 0 Å². The third-order valence-corrected chi connectivity index (χ3v) is 6.43. The van der Waals surface area contributed by atoms with E-state index in [0.717, 1.165) is 25.4 Å². The first-order valence-corrected chi connectivity index (χ1v) is 10.4. The Kier molecular flexibility index (Phi) is 6.10. The maximum absolute atomic E-state index is 12.0. The van der Waals surface area contributed by atoms with E-state index in [2.05, 4.69) is 29.3 Å². The Hall–Kier alpha value is -0.560. The molecule has 0 radical (unpaired) electrons. The normalized spacial score (nSPS) is 20.6. The maximum atomic E-state index is 12.0. The van der Waals surface area contributed by atoms with Crippen molar-refractivity contribution in [2.24, 2.45) is 0 Å². The molecular weight excluding hydrogens is 304 g/mol. The zero-order valence-electron chi connectivity index (χ0n) is 12.7. The molecule has 1 atom stereocenters. The third-order valence-electron chi connectivity index (χ3n) is 3.74. The van der Waals surface area contributed by atoms with Crippen molar-refractivity contribution in [3.05, 3.63) is 35.4 Å². The van der Waals surface area contributed by atoms with Gasteiger partial charge in [0, 0.05) is 37.4 Å². The van der Waals surface area contributed by atoms with E-state index >= 15 is 0 Å². The Bertz CT molecular complexity index is 561. The molecule has 118 valence electrons. The summed E-state index contributed by atoms with van der Waals surface area (Å²) in [4.78, 5) is 2.11. The van der Waals surface area contributed by atoms with E-state index in [1.807, 2.05) is 12.1 Å². The number of benzene rings is 1. The predicted octanol–water partition coefficient (Wildman–Crippen LogP) is 1.72. The van der Waals surface area contributed by atoms with Crippen molar-refractivity contribution in [1.82, 2.24) is 10.2 Å². The van der Waals surface area contributed by atoms with Gasteiger partial charge in [0.1, 0.15) is 5.37 Å². The van der Waals surface area contributed by atoms with Crippen LogP contribution in [0.25, 0.3) is 0 Å². The first kappa shape index (κ1) is 16.8. The van der Waals surface area contributed by atoms with Crippen LogP contribution in [0.5, 0.6) is 0 Å². The molecule has 0 aliphatic carbocycles. The fourth-order valence-corrected chi connectivity index (χ4v) is 5.49. The second-order valence-corrected chi connectivity index (χ2v) is 8.73. The highest BCUT2D eigenvalue weighted by Crippen LogP contribution is 2.23. The number of nitrogens with zero attached hydrogens (tertiary/aromatic N) is 1. The summed E-state index contributed by atoms with van der Waals surface area (Å²) >= 11 is 1.73. The van der Waals surface area contributed by atoms with Crippen LogP contribution in [0.15, 0.2) is 24.3 Å². The van der Waals surface area contributed by atoms with Gasteiger partial charge in [-0.15, -0.1) is 0 Å². The largest absolute Gasteiger partial charge is 0.313 e. The minimum absolute atomic E-state index is 0.358. The number of thioether (sulfide) groups is 1. The van der Waals surface area contributed by atoms with Gasteiger partial charge in [-0.3, -0.25) is 4.90 Å². The Morgan fingerprint density at radius 1 is 1.33 bits per heavy atom. The second kappa shape index (κ2) is 7.63. The van der Waals surface area contributed by atoms with Crippen LogP contribution in [-0.4, -0.2) is 49.5 Å². The van der Waals surface area contributed by atoms with E-state index in [-0.39, 0.29) is 5.37 Å². The van der Waals surface area contributed by atoms with Crippen molar-refractivity contribution < 1.29 is 8.42 Å². The van der Waals surface area contributed by atoms with E-state index in [1.54, 1.807) is 11.8 Å². The maximum Gasteiger partial charge on any atom is 0.164 e. The summed E-state index contributed by atoms with van der Waals surface area (Å²) in [6.07, 6.45) is 1.35. The molecule has 1 aromatic carbocycles. The number of rotatable bonds is 6. The predicted molar refractivity (Wildman–Crippen MR) is 90.2 cm³/mol.